The van der Waals surface area contributed by atoms with E-state index in [1.165, 1.54) is 13.2 Å². The van der Waals surface area contributed by atoms with Crippen LogP contribution in [0.15, 0.2) is 23.1 Å². The van der Waals surface area contributed by atoms with Crippen molar-refractivity contribution in [3.05, 3.63) is 23.2 Å². The number of halogens is 1. The molecule has 0 radical (unpaired) electrons. The van der Waals surface area contributed by atoms with Crippen molar-refractivity contribution < 1.29 is 17.9 Å². The van der Waals surface area contributed by atoms with Gasteiger partial charge < -0.3 is 9.47 Å². The molecule has 0 bridgehead atoms. The summed E-state index contributed by atoms with van der Waals surface area (Å²) in [6.07, 6.45) is 4.21. The number of methoxy groups -OCH3 is 2. The number of benzene rings is 1. The molecule has 1 atom stereocenters. The fourth-order valence-electron chi connectivity index (χ4n) is 3.74. The lowest BCUT2D eigenvalue weighted by Gasteiger charge is -2.52. The molecule has 3 rings (SSSR count). The quantitative estimate of drug-likeness (QED) is 0.829. The second-order valence-electron chi connectivity index (χ2n) is 6.33. The standard InChI is InChI=1S/C16H22ClNO4S/c1-21-14-4-3-12(11-13(14)17)23(19,20)18-9-7-16(8-10-18)6-5-15(16)22-2/h3-4,11,15H,5-10H2,1-2H3. The van der Waals surface area contributed by atoms with Crippen molar-refractivity contribution in [2.75, 3.05) is 27.3 Å². The Hall–Kier alpha value is -0.820. The van der Waals surface area contributed by atoms with Gasteiger partial charge in [0.1, 0.15) is 5.75 Å². The molecule has 2 aliphatic rings. The van der Waals surface area contributed by atoms with Gasteiger partial charge in [-0.25, -0.2) is 8.42 Å². The van der Waals surface area contributed by atoms with E-state index in [4.69, 9.17) is 21.1 Å². The summed E-state index contributed by atoms with van der Waals surface area (Å²) in [5, 5.41) is 0.306. The number of hydrogen-bond donors (Lipinski definition) is 0. The smallest absolute Gasteiger partial charge is 0.243 e. The second kappa shape index (κ2) is 6.24. The van der Waals surface area contributed by atoms with E-state index in [1.807, 2.05) is 0 Å². The molecule has 1 aliphatic carbocycles. The largest absolute Gasteiger partial charge is 0.495 e. The maximum absolute atomic E-state index is 12.8. The zero-order chi connectivity index (χ0) is 16.7. The zero-order valence-corrected chi connectivity index (χ0v) is 15.0. The minimum atomic E-state index is -3.52. The van der Waals surface area contributed by atoms with Crippen molar-refractivity contribution in [1.82, 2.24) is 4.31 Å². The summed E-state index contributed by atoms with van der Waals surface area (Å²) in [4.78, 5) is 0.219. The van der Waals surface area contributed by atoms with Crippen LogP contribution in [0.1, 0.15) is 25.7 Å². The monoisotopic (exact) mass is 359 g/mol. The van der Waals surface area contributed by atoms with Crippen LogP contribution in [-0.4, -0.2) is 46.1 Å². The number of hydrogen-bond acceptors (Lipinski definition) is 4. The number of nitrogens with zero attached hydrogens (tertiary/aromatic N) is 1. The van der Waals surface area contributed by atoms with Crippen LogP contribution in [0, 0.1) is 5.41 Å². The lowest BCUT2D eigenvalue weighted by molar-refractivity contribution is -0.113. The minimum absolute atomic E-state index is 0.179. The summed E-state index contributed by atoms with van der Waals surface area (Å²) in [5.41, 5.74) is 0.179. The lowest BCUT2D eigenvalue weighted by atomic mass is 9.61. The average Bonchev–Trinajstić information content (AvgIpc) is 2.54. The Morgan fingerprint density at radius 1 is 1.22 bits per heavy atom. The molecular formula is C16H22ClNO4S. The highest BCUT2D eigenvalue weighted by atomic mass is 35.5. The molecule has 23 heavy (non-hydrogen) atoms. The molecule has 5 nitrogen and oxygen atoms in total. The van der Waals surface area contributed by atoms with Gasteiger partial charge in [0.05, 0.1) is 23.1 Å². The van der Waals surface area contributed by atoms with Gasteiger partial charge in [-0.15, -0.1) is 0 Å². The van der Waals surface area contributed by atoms with Gasteiger partial charge in [0.2, 0.25) is 10.0 Å². The predicted molar refractivity (Wildman–Crippen MR) is 88.5 cm³/mol. The third kappa shape index (κ3) is 2.86. The molecular weight excluding hydrogens is 338 g/mol. The molecule has 1 heterocycles. The van der Waals surface area contributed by atoms with Crippen LogP contribution in [0.3, 0.4) is 0 Å². The third-order valence-corrected chi connectivity index (χ3v) is 7.54. The summed E-state index contributed by atoms with van der Waals surface area (Å²) in [6, 6.07) is 4.60. The number of rotatable bonds is 4. The Balaban J connectivity index is 1.75. The normalized spacial score (nSPS) is 24.4. The molecule has 1 aromatic rings. The predicted octanol–water partition coefficient (Wildman–Crippen LogP) is 2.93. The molecule has 0 N–H and O–H groups in total. The molecule has 1 saturated heterocycles. The summed E-state index contributed by atoms with van der Waals surface area (Å²) < 4.78 is 37.8. The van der Waals surface area contributed by atoms with Crippen LogP contribution in [0.25, 0.3) is 0 Å². The highest BCUT2D eigenvalue weighted by molar-refractivity contribution is 7.89. The molecule has 1 unspecified atom stereocenters. The van der Waals surface area contributed by atoms with E-state index in [0.717, 1.165) is 25.7 Å². The van der Waals surface area contributed by atoms with Gasteiger partial charge in [0.15, 0.2) is 0 Å². The van der Waals surface area contributed by atoms with Crippen molar-refractivity contribution >= 4 is 21.6 Å². The number of sulfonamides is 1. The molecule has 1 spiro atoms. The lowest BCUT2D eigenvalue weighted by Crippen LogP contribution is -2.53. The van der Waals surface area contributed by atoms with Crippen LogP contribution in [0.2, 0.25) is 5.02 Å². The average molecular weight is 360 g/mol. The molecule has 1 aliphatic heterocycles. The van der Waals surface area contributed by atoms with Crippen LogP contribution in [0.4, 0.5) is 0 Å². The van der Waals surface area contributed by atoms with Crippen molar-refractivity contribution in [1.29, 1.82) is 0 Å². The molecule has 1 aromatic carbocycles. The SMILES string of the molecule is COc1ccc(S(=O)(=O)N2CCC3(CCC3OC)CC2)cc1Cl. The first-order valence-corrected chi connectivity index (χ1v) is 9.61. The van der Waals surface area contributed by atoms with Crippen LogP contribution < -0.4 is 4.74 Å². The van der Waals surface area contributed by atoms with E-state index in [1.54, 1.807) is 23.5 Å². The number of ether oxygens (including phenoxy) is 2. The molecule has 1 saturated carbocycles. The van der Waals surface area contributed by atoms with Gasteiger partial charge in [0.25, 0.3) is 0 Å². The summed E-state index contributed by atoms with van der Waals surface area (Å²) in [5.74, 6) is 0.473. The molecule has 0 amide bonds. The third-order valence-electron chi connectivity index (χ3n) is 5.35. The highest BCUT2D eigenvalue weighted by Crippen LogP contribution is 2.51. The fourth-order valence-corrected chi connectivity index (χ4v) is 5.53. The maximum atomic E-state index is 12.8. The molecule has 7 heteroatoms. The van der Waals surface area contributed by atoms with Gasteiger partial charge in [-0.2, -0.15) is 4.31 Å². The van der Waals surface area contributed by atoms with Crippen molar-refractivity contribution in [2.45, 2.75) is 36.7 Å². The molecule has 128 valence electrons. The Kier molecular flexibility index (Phi) is 4.62. The highest BCUT2D eigenvalue weighted by Gasteiger charge is 2.49. The Morgan fingerprint density at radius 2 is 1.91 bits per heavy atom. The van der Waals surface area contributed by atoms with E-state index in [2.05, 4.69) is 0 Å². The molecule has 2 fully saturated rings. The van der Waals surface area contributed by atoms with E-state index in [0.29, 0.717) is 23.9 Å². The Bertz CT molecular complexity index is 681. The van der Waals surface area contributed by atoms with Crippen molar-refractivity contribution in [2.24, 2.45) is 5.41 Å². The Labute approximate surface area is 142 Å². The van der Waals surface area contributed by atoms with Gasteiger partial charge >= 0.3 is 0 Å². The summed E-state index contributed by atoms with van der Waals surface area (Å²) in [7, 11) is -0.267. The maximum Gasteiger partial charge on any atom is 0.243 e. The van der Waals surface area contributed by atoms with Crippen LogP contribution in [-0.2, 0) is 14.8 Å². The first kappa shape index (κ1) is 17.0. The van der Waals surface area contributed by atoms with Crippen molar-refractivity contribution in [3.63, 3.8) is 0 Å². The minimum Gasteiger partial charge on any atom is -0.495 e. The Morgan fingerprint density at radius 3 is 2.39 bits per heavy atom. The zero-order valence-electron chi connectivity index (χ0n) is 13.4. The number of piperidine rings is 1. The van der Waals surface area contributed by atoms with Gasteiger partial charge in [0, 0.05) is 20.2 Å². The summed E-state index contributed by atoms with van der Waals surface area (Å²) in [6.45, 7) is 1.07. The first-order valence-electron chi connectivity index (χ1n) is 7.79. The van der Waals surface area contributed by atoms with Crippen LogP contribution in [0.5, 0.6) is 5.75 Å². The van der Waals surface area contributed by atoms with E-state index < -0.39 is 10.0 Å². The van der Waals surface area contributed by atoms with Crippen LogP contribution >= 0.6 is 11.6 Å². The van der Waals surface area contributed by atoms with E-state index >= 15 is 0 Å². The van der Waals surface area contributed by atoms with Gasteiger partial charge in [-0.05, 0) is 49.3 Å². The van der Waals surface area contributed by atoms with Gasteiger partial charge in [-0.1, -0.05) is 11.6 Å². The van der Waals surface area contributed by atoms with Gasteiger partial charge in [-0.3, -0.25) is 0 Å². The van der Waals surface area contributed by atoms with E-state index in [-0.39, 0.29) is 16.4 Å². The molecule has 0 aromatic heterocycles. The topological polar surface area (TPSA) is 55.8 Å². The second-order valence-corrected chi connectivity index (χ2v) is 8.67. The first-order chi connectivity index (χ1) is 10.9. The summed E-state index contributed by atoms with van der Waals surface area (Å²) >= 11 is 6.06. The van der Waals surface area contributed by atoms with E-state index in [9.17, 15) is 8.42 Å². The van der Waals surface area contributed by atoms with Crippen molar-refractivity contribution in [3.8, 4) is 5.75 Å². The fraction of sp³-hybridized carbons (Fsp3) is 0.625.